The molecule has 0 saturated heterocycles. The van der Waals surface area contributed by atoms with Crippen molar-refractivity contribution in [2.75, 3.05) is 13.7 Å². The number of aryl methyl sites for hydroxylation is 1. The summed E-state index contributed by atoms with van der Waals surface area (Å²) >= 11 is 0. The molecule has 2 rings (SSSR count). The maximum absolute atomic E-state index is 12.3. The molecule has 2 aromatic carbocycles. The Morgan fingerprint density at radius 1 is 1.09 bits per heavy atom. The van der Waals surface area contributed by atoms with Crippen LogP contribution in [0, 0.1) is 6.92 Å². The number of benzene rings is 2. The molecule has 3 heteroatoms. The second-order valence-corrected chi connectivity index (χ2v) is 5.43. The molecule has 2 aromatic rings. The fraction of sp³-hybridized carbons (Fsp3) is 0.316. The van der Waals surface area contributed by atoms with Crippen LogP contribution in [-0.4, -0.2) is 24.5 Å². The number of hydrogen-bond acceptors (Lipinski definition) is 2. The van der Waals surface area contributed by atoms with Crippen LogP contribution in [0.2, 0.25) is 0 Å². The predicted octanol–water partition coefficient (Wildman–Crippen LogP) is 3.59. The topological polar surface area (TPSA) is 29.5 Å². The summed E-state index contributed by atoms with van der Waals surface area (Å²) in [5, 5.41) is 0. The third-order valence-electron chi connectivity index (χ3n) is 3.68. The Balaban J connectivity index is 1.95. The average molecular weight is 297 g/mol. The van der Waals surface area contributed by atoms with Gasteiger partial charge >= 0.3 is 0 Å². The molecular formula is C19H23NO2. The molecule has 3 nitrogen and oxygen atoms in total. The number of ether oxygens (including phenoxy) is 1. The molecule has 22 heavy (non-hydrogen) atoms. The Morgan fingerprint density at radius 3 is 2.41 bits per heavy atom. The average Bonchev–Trinajstić information content (AvgIpc) is 2.51. The summed E-state index contributed by atoms with van der Waals surface area (Å²) < 4.78 is 5.42. The van der Waals surface area contributed by atoms with Crippen LogP contribution in [-0.2, 0) is 17.8 Å². The molecule has 0 aliphatic carbocycles. The van der Waals surface area contributed by atoms with Gasteiger partial charge in [0.2, 0.25) is 5.91 Å². The second kappa shape index (κ2) is 7.64. The van der Waals surface area contributed by atoms with Gasteiger partial charge in [-0.2, -0.15) is 0 Å². The highest BCUT2D eigenvalue weighted by Crippen LogP contribution is 2.14. The van der Waals surface area contributed by atoms with Gasteiger partial charge in [-0.05, 0) is 42.7 Å². The first kappa shape index (κ1) is 16.1. The molecule has 0 aliphatic rings. The molecule has 0 aromatic heterocycles. The first-order valence-corrected chi connectivity index (χ1v) is 7.60. The van der Waals surface area contributed by atoms with Gasteiger partial charge in [0.05, 0.1) is 13.0 Å². The maximum Gasteiger partial charge on any atom is 0.227 e. The van der Waals surface area contributed by atoms with Crippen LogP contribution in [0.15, 0.2) is 48.5 Å². The first-order valence-electron chi connectivity index (χ1n) is 7.60. The zero-order valence-corrected chi connectivity index (χ0v) is 13.5. The lowest BCUT2D eigenvalue weighted by atomic mass is 10.1. The minimum absolute atomic E-state index is 0.128. The van der Waals surface area contributed by atoms with E-state index in [1.54, 1.807) is 4.90 Å². The maximum atomic E-state index is 12.3. The van der Waals surface area contributed by atoms with Gasteiger partial charge in [-0.1, -0.05) is 36.4 Å². The molecule has 0 bridgehead atoms. The molecule has 0 spiro atoms. The lowest BCUT2D eigenvalue weighted by molar-refractivity contribution is -0.129. The predicted molar refractivity (Wildman–Crippen MR) is 89.0 cm³/mol. The zero-order valence-electron chi connectivity index (χ0n) is 13.5. The van der Waals surface area contributed by atoms with Crippen molar-refractivity contribution in [3.8, 4) is 5.75 Å². The van der Waals surface area contributed by atoms with Gasteiger partial charge in [0.15, 0.2) is 0 Å². The first-order chi connectivity index (χ1) is 10.6. The highest BCUT2D eigenvalue weighted by molar-refractivity contribution is 5.78. The van der Waals surface area contributed by atoms with E-state index in [1.165, 1.54) is 0 Å². The molecule has 0 aliphatic heterocycles. The second-order valence-electron chi connectivity index (χ2n) is 5.43. The van der Waals surface area contributed by atoms with Crippen molar-refractivity contribution in [1.82, 2.24) is 4.90 Å². The summed E-state index contributed by atoms with van der Waals surface area (Å²) in [4.78, 5) is 14.1. The Hall–Kier alpha value is -2.29. The summed E-state index contributed by atoms with van der Waals surface area (Å²) in [5.41, 5.74) is 3.35. The van der Waals surface area contributed by atoms with Crippen molar-refractivity contribution >= 4 is 5.91 Å². The van der Waals surface area contributed by atoms with Crippen molar-refractivity contribution in [2.24, 2.45) is 0 Å². The molecule has 0 fully saturated rings. The molecule has 0 heterocycles. The van der Waals surface area contributed by atoms with Gasteiger partial charge in [0.25, 0.3) is 0 Å². The smallest absolute Gasteiger partial charge is 0.227 e. The third-order valence-corrected chi connectivity index (χ3v) is 3.68. The molecule has 116 valence electrons. The normalized spacial score (nSPS) is 10.3. The van der Waals surface area contributed by atoms with Gasteiger partial charge in [0.1, 0.15) is 5.75 Å². The Morgan fingerprint density at radius 2 is 1.77 bits per heavy atom. The highest BCUT2D eigenvalue weighted by atomic mass is 16.5. The fourth-order valence-corrected chi connectivity index (χ4v) is 2.33. The minimum Gasteiger partial charge on any atom is -0.494 e. The Labute approximate surface area is 132 Å². The van der Waals surface area contributed by atoms with Crippen LogP contribution in [0.5, 0.6) is 5.75 Å². The van der Waals surface area contributed by atoms with E-state index in [9.17, 15) is 4.79 Å². The number of rotatable bonds is 6. The van der Waals surface area contributed by atoms with Crippen LogP contribution in [0.25, 0.3) is 0 Å². The molecule has 0 atom stereocenters. The molecular weight excluding hydrogens is 274 g/mol. The summed E-state index contributed by atoms with van der Waals surface area (Å²) in [5.74, 6) is 0.989. The van der Waals surface area contributed by atoms with Gasteiger partial charge < -0.3 is 9.64 Å². The lowest BCUT2D eigenvalue weighted by Gasteiger charge is -2.18. The zero-order chi connectivity index (χ0) is 15.9. The Bertz CT molecular complexity index is 620. The van der Waals surface area contributed by atoms with Gasteiger partial charge in [-0.25, -0.2) is 0 Å². The van der Waals surface area contributed by atoms with Gasteiger partial charge in [-0.3, -0.25) is 4.79 Å². The quantitative estimate of drug-likeness (QED) is 0.815. The van der Waals surface area contributed by atoms with E-state index < -0.39 is 0 Å². The molecule has 0 saturated carbocycles. The molecule has 0 N–H and O–H groups in total. The van der Waals surface area contributed by atoms with E-state index in [4.69, 9.17) is 4.74 Å². The number of amides is 1. The van der Waals surface area contributed by atoms with E-state index in [0.717, 1.165) is 22.4 Å². The van der Waals surface area contributed by atoms with E-state index in [0.29, 0.717) is 19.6 Å². The standard InChI is InChI=1S/C19H23NO2/c1-4-22-18-11-9-16(10-12-18)14-20(3)19(21)13-17-8-6-5-7-15(17)2/h5-12H,4,13-14H2,1-3H3. The Kier molecular flexibility index (Phi) is 5.59. The number of likely N-dealkylation sites (N-methyl/N-ethyl adjacent to an activating group) is 1. The minimum atomic E-state index is 0.128. The van der Waals surface area contributed by atoms with Crippen molar-refractivity contribution in [2.45, 2.75) is 26.8 Å². The summed E-state index contributed by atoms with van der Waals surface area (Å²) in [6.07, 6.45) is 0.445. The van der Waals surface area contributed by atoms with E-state index in [-0.39, 0.29) is 5.91 Å². The molecule has 0 radical (unpaired) electrons. The molecule has 0 unspecified atom stereocenters. The summed E-state index contributed by atoms with van der Waals surface area (Å²) in [6, 6.07) is 15.9. The number of nitrogens with zero attached hydrogens (tertiary/aromatic N) is 1. The summed E-state index contributed by atoms with van der Waals surface area (Å²) in [6.45, 7) is 5.27. The van der Waals surface area contributed by atoms with Crippen LogP contribution < -0.4 is 4.74 Å². The number of carbonyl (C=O) groups excluding carboxylic acids is 1. The SMILES string of the molecule is CCOc1ccc(CN(C)C(=O)Cc2ccccc2C)cc1. The van der Waals surface area contributed by atoms with Crippen molar-refractivity contribution in [3.05, 3.63) is 65.2 Å². The van der Waals surface area contributed by atoms with Gasteiger partial charge in [0, 0.05) is 13.6 Å². The van der Waals surface area contributed by atoms with E-state index in [1.807, 2.05) is 69.4 Å². The number of carbonyl (C=O) groups is 1. The van der Waals surface area contributed by atoms with Crippen molar-refractivity contribution in [1.29, 1.82) is 0 Å². The van der Waals surface area contributed by atoms with Crippen LogP contribution in [0.1, 0.15) is 23.6 Å². The van der Waals surface area contributed by atoms with Crippen LogP contribution >= 0.6 is 0 Å². The molecule has 1 amide bonds. The number of hydrogen-bond donors (Lipinski definition) is 0. The van der Waals surface area contributed by atoms with E-state index >= 15 is 0 Å². The van der Waals surface area contributed by atoms with E-state index in [2.05, 4.69) is 0 Å². The van der Waals surface area contributed by atoms with Crippen molar-refractivity contribution in [3.63, 3.8) is 0 Å². The van der Waals surface area contributed by atoms with Crippen molar-refractivity contribution < 1.29 is 9.53 Å². The fourth-order valence-electron chi connectivity index (χ4n) is 2.33. The monoisotopic (exact) mass is 297 g/mol. The van der Waals surface area contributed by atoms with Crippen LogP contribution in [0.3, 0.4) is 0 Å². The van der Waals surface area contributed by atoms with Crippen LogP contribution in [0.4, 0.5) is 0 Å². The third kappa shape index (κ3) is 4.35. The lowest BCUT2D eigenvalue weighted by Crippen LogP contribution is -2.27. The summed E-state index contributed by atoms with van der Waals surface area (Å²) in [7, 11) is 1.84. The van der Waals surface area contributed by atoms with Gasteiger partial charge in [-0.15, -0.1) is 0 Å². The largest absolute Gasteiger partial charge is 0.494 e. The highest BCUT2D eigenvalue weighted by Gasteiger charge is 2.11.